The zero-order valence-corrected chi connectivity index (χ0v) is 12.0. The van der Waals surface area contributed by atoms with Gasteiger partial charge in [0.2, 0.25) is 5.91 Å². The van der Waals surface area contributed by atoms with Crippen molar-refractivity contribution in [1.29, 1.82) is 0 Å². The summed E-state index contributed by atoms with van der Waals surface area (Å²) in [6.07, 6.45) is 2.58. The first-order chi connectivity index (χ1) is 10.1. The lowest BCUT2D eigenvalue weighted by molar-refractivity contribution is -0.151. The van der Waals surface area contributed by atoms with E-state index < -0.39 is 12.1 Å². The monoisotopic (exact) mass is 298 g/mol. The van der Waals surface area contributed by atoms with E-state index in [1.807, 2.05) is 0 Å². The van der Waals surface area contributed by atoms with E-state index in [0.717, 1.165) is 19.3 Å². The molecule has 2 aliphatic heterocycles. The molecule has 0 aromatic carbocycles. The Morgan fingerprint density at radius 2 is 2.05 bits per heavy atom. The number of carboxylic acid groups (broad SMARTS) is 1. The number of carbonyl (C=O) groups is 2. The third-order valence-corrected chi connectivity index (χ3v) is 4.29. The van der Waals surface area contributed by atoms with Crippen molar-refractivity contribution in [3.8, 4) is 0 Å². The molecule has 7 heteroatoms. The smallest absolute Gasteiger partial charge is 0.332 e. The van der Waals surface area contributed by atoms with Gasteiger partial charge in [-0.05, 0) is 25.7 Å². The van der Waals surface area contributed by atoms with Gasteiger partial charge in [-0.1, -0.05) is 0 Å². The van der Waals surface area contributed by atoms with Crippen molar-refractivity contribution in [3.63, 3.8) is 0 Å². The molecular formula is C14H22N2O5. The fourth-order valence-electron chi connectivity index (χ4n) is 2.91. The maximum atomic E-state index is 12.2. The number of aliphatic carboxylic acids is 1. The molecule has 1 aliphatic carbocycles. The summed E-state index contributed by atoms with van der Waals surface area (Å²) in [5.41, 5.74) is 0. The van der Waals surface area contributed by atoms with Crippen LogP contribution in [0.3, 0.4) is 0 Å². The van der Waals surface area contributed by atoms with Gasteiger partial charge in [-0.15, -0.1) is 0 Å². The molecule has 3 unspecified atom stereocenters. The Labute approximate surface area is 123 Å². The highest BCUT2D eigenvalue weighted by molar-refractivity contribution is 5.82. The highest BCUT2D eigenvalue weighted by atomic mass is 16.5. The number of hydrogen-bond donors (Lipinski definition) is 2. The molecule has 0 radical (unpaired) electrons. The van der Waals surface area contributed by atoms with Gasteiger partial charge in [0, 0.05) is 19.1 Å². The molecule has 118 valence electrons. The minimum atomic E-state index is -0.900. The van der Waals surface area contributed by atoms with Crippen LogP contribution in [0.1, 0.15) is 25.7 Å². The highest BCUT2D eigenvalue weighted by Crippen LogP contribution is 2.23. The van der Waals surface area contributed by atoms with Crippen LogP contribution in [0, 0.1) is 0 Å². The maximum Gasteiger partial charge on any atom is 0.332 e. The molecule has 3 fully saturated rings. The standard InChI is InChI=1S/C14H22N2O5/c17-13(15-9-1-2-9)11-8-20-6-5-16(11)7-10-3-4-12(21-10)14(18)19/h9-12H,1-8H2,(H,15,17)(H,18,19). The van der Waals surface area contributed by atoms with Gasteiger partial charge >= 0.3 is 5.97 Å². The second kappa shape index (κ2) is 6.29. The SMILES string of the molecule is O=C(O)C1CCC(CN2CCOCC2C(=O)NC2CC2)O1. The summed E-state index contributed by atoms with van der Waals surface area (Å²) in [5.74, 6) is -0.882. The Bertz CT molecular complexity index is 412. The van der Waals surface area contributed by atoms with E-state index in [2.05, 4.69) is 10.2 Å². The zero-order chi connectivity index (χ0) is 14.8. The lowest BCUT2D eigenvalue weighted by Crippen LogP contribution is -2.55. The largest absolute Gasteiger partial charge is 0.479 e. The van der Waals surface area contributed by atoms with E-state index in [1.54, 1.807) is 0 Å². The van der Waals surface area contributed by atoms with Gasteiger partial charge in [-0.2, -0.15) is 0 Å². The topological polar surface area (TPSA) is 88.1 Å². The number of morpholine rings is 1. The van der Waals surface area contributed by atoms with Crippen LogP contribution in [-0.2, 0) is 19.1 Å². The highest BCUT2D eigenvalue weighted by Gasteiger charge is 2.37. The quantitative estimate of drug-likeness (QED) is 0.718. The van der Waals surface area contributed by atoms with Crippen LogP contribution in [0.15, 0.2) is 0 Å². The number of rotatable bonds is 5. The molecule has 0 spiro atoms. The molecule has 0 aromatic heterocycles. The zero-order valence-electron chi connectivity index (χ0n) is 12.0. The molecule has 0 aromatic rings. The van der Waals surface area contributed by atoms with Crippen LogP contribution in [0.2, 0.25) is 0 Å². The molecule has 0 bridgehead atoms. The lowest BCUT2D eigenvalue weighted by atomic mass is 10.1. The molecule has 21 heavy (non-hydrogen) atoms. The number of amides is 1. The predicted molar refractivity (Wildman–Crippen MR) is 72.9 cm³/mol. The van der Waals surface area contributed by atoms with Gasteiger partial charge in [0.25, 0.3) is 0 Å². The van der Waals surface area contributed by atoms with Crippen molar-refractivity contribution in [2.24, 2.45) is 0 Å². The summed E-state index contributed by atoms with van der Waals surface area (Å²) in [6, 6.07) is 0.0484. The van der Waals surface area contributed by atoms with Crippen LogP contribution >= 0.6 is 0 Å². The van der Waals surface area contributed by atoms with Crippen molar-refractivity contribution in [1.82, 2.24) is 10.2 Å². The first kappa shape index (κ1) is 14.7. The van der Waals surface area contributed by atoms with Gasteiger partial charge in [-0.3, -0.25) is 9.69 Å². The predicted octanol–water partition coefficient (Wildman–Crippen LogP) is -0.402. The molecule has 2 N–H and O–H groups in total. The molecule has 3 atom stereocenters. The van der Waals surface area contributed by atoms with Crippen LogP contribution in [0.5, 0.6) is 0 Å². The first-order valence-corrected chi connectivity index (χ1v) is 7.64. The summed E-state index contributed by atoms with van der Waals surface area (Å²) in [4.78, 5) is 25.2. The number of ether oxygens (including phenoxy) is 2. The van der Waals surface area contributed by atoms with Crippen LogP contribution in [0.25, 0.3) is 0 Å². The van der Waals surface area contributed by atoms with E-state index in [1.165, 1.54) is 0 Å². The summed E-state index contributed by atoms with van der Waals surface area (Å²) < 4.78 is 11.0. The minimum Gasteiger partial charge on any atom is -0.479 e. The molecule has 2 heterocycles. The Kier molecular flexibility index (Phi) is 4.42. The van der Waals surface area contributed by atoms with Crippen LogP contribution < -0.4 is 5.32 Å². The van der Waals surface area contributed by atoms with Crippen molar-refractivity contribution in [3.05, 3.63) is 0 Å². The number of hydrogen-bond acceptors (Lipinski definition) is 5. The van der Waals surface area contributed by atoms with E-state index in [0.29, 0.717) is 38.8 Å². The number of carboxylic acids is 1. The molecule has 7 nitrogen and oxygen atoms in total. The van der Waals surface area contributed by atoms with Gasteiger partial charge in [0.05, 0.1) is 19.3 Å². The molecule has 1 amide bonds. The Morgan fingerprint density at radius 3 is 2.71 bits per heavy atom. The van der Waals surface area contributed by atoms with Crippen LogP contribution in [-0.4, -0.2) is 72.5 Å². The lowest BCUT2D eigenvalue weighted by Gasteiger charge is -2.35. The van der Waals surface area contributed by atoms with Gasteiger partial charge in [0.15, 0.2) is 6.10 Å². The first-order valence-electron chi connectivity index (χ1n) is 7.64. The van der Waals surface area contributed by atoms with E-state index in [9.17, 15) is 9.59 Å². The molecular weight excluding hydrogens is 276 g/mol. The van der Waals surface area contributed by atoms with E-state index in [4.69, 9.17) is 14.6 Å². The van der Waals surface area contributed by atoms with Crippen LogP contribution in [0.4, 0.5) is 0 Å². The molecule has 1 saturated carbocycles. The number of nitrogens with one attached hydrogen (secondary N) is 1. The Balaban J connectivity index is 1.54. The number of carbonyl (C=O) groups excluding carboxylic acids is 1. The molecule has 2 saturated heterocycles. The average molecular weight is 298 g/mol. The van der Waals surface area contributed by atoms with Crippen molar-refractivity contribution >= 4 is 11.9 Å². The fourth-order valence-corrected chi connectivity index (χ4v) is 2.91. The summed E-state index contributed by atoms with van der Waals surface area (Å²) in [6.45, 7) is 2.27. The normalized spacial score (nSPS) is 33.8. The van der Waals surface area contributed by atoms with E-state index in [-0.39, 0.29) is 18.1 Å². The number of nitrogens with zero attached hydrogens (tertiary/aromatic N) is 1. The molecule has 3 rings (SSSR count). The second-order valence-electron chi connectivity index (χ2n) is 6.03. The summed E-state index contributed by atoms with van der Waals surface area (Å²) in [5, 5.41) is 12.0. The fraction of sp³-hybridized carbons (Fsp3) is 0.857. The maximum absolute atomic E-state index is 12.2. The Hall–Kier alpha value is -1.18. The molecule has 3 aliphatic rings. The van der Waals surface area contributed by atoms with Gasteiger partial charge < -0.3 is 19.9 Å². The van der Waals surface area contributed by atoms with Crippen molar-refractivity contribution in [2.45, 2.75) is 50.0 Å². The minimum absolute atomic E-state index is 0.0185. The van der Waals surface area contributed by atoms with E-state index >= 15 is 0 Å². The van der Waals surface area contributed by atoms with Crippen molar-refractivity contribution < 1.29 is 24.2 Å². The second-order valence-corrected chi connectivity index (χ2v) is 6.03. The van der Waals surface area contributed by atoms with Crippen molar-refractivity contribution in [2.75, 3.05) is 26.3 Å². The Morgan fingerprint density at radius 1 is 1.24 bits per heavy atom. The van der Waals surface area contributed by atoms with Gasteiger partial charge in [0.1, 0.15) is 6.04 Å². The van der Waals surface area contributed by atoms with Gasteiger partial charge in [-0.25, -0.2) is 4.79 Å². The third kappa shape index (κ3) is 3.72. The average Bonchev–Trinajstić information content (AvgIpc) is 3.14. The third-order valence-electron chi connectivity index (χ3n) is 4.29. The summed E-state index contributed by atoms with van der Waals surface area (Å²) in [7, 11) is 0. The summed E-state index contributed by atoms with van der Waals surface area (Å²) >= 11 is 0.